The van der Waals surface area contributed by atoms with Gasteiger partial charge in [0.25, 0.3) is 0 Å². The van der Waals surface area contributed by atoms with Crippen LogP contribution in [0.2, 0.25) is 0 Å². The molecule has 5 nitrogen and oxygen atoms in total. The van der Waals surface area contributed by atoms with Gasteiger partial charge in [-0.05, 0) is 42.8 Å². The SMILES string of the molecule is CCCOc1ccccc1C(=O)Oc1ccc(C(=O)OC)cc1. The van der Waals surface area contributed by atoms with E-state index >= 15 is 0 Å². The van der Waals surface area contributed by atoms with Crippen LogP contribution in [-0.2, 0) is 4.74 Å². The number of rotatable bonds is 6. The molecule has 0 atom stereocenters. The standard InChI is InChI=1S/C18H18O5/c1-3-12-22-16-7-5-4-6-15(16)18(20)23-14-10-8-13(9-11-14)17(19)21-2/h4-11H,3,12H2,1-2H3. The Labute approximate surface area is 134 Å². The first-order valence-electron chi connectivity index (χ1n) is 7.28. The van der Waals surface area contributed by atoms with Crippen LogP contribution in [0.1, 0.15) is 34.1 Å². The third-order valence-corrected chi connectivity index (χ3v) is 3.05. The molecule has 2 rings (SSSR count). The van der Waals surface area contributed by atoms with E-state index < -0.39 is 11.9 Å². The third-order valence-electron chi connectivity index (χ3n) is 3.05. The normalized spacial score (nSPS) is 10.0. The van der Waals surface area contributed by atoms with Gasteiger partial charge in [0.1, 0.15) is 17.1 Å². The van der Waals surface area contributed by atoms with E-state index in [1.54, 1.807) is 36.4 Å². The van der Waals surface area contributed by atoms with Crippen molar-refractivity contribution in [3.8, 4) is 11.5 Å². The lowest BCUT2D eigenvalue weighted by Crippen LogP contribution is -2.11. The Bertz CT molecular complexity index is 676. The van der Waals surface area contributed by atoms with E-state index in [1.807, 2.05) is 6.92 Å². The monoisotopic (exact) mass is 314 g/mol. The van der Waals surface area contributed by atoms with Crippen LogP contribution in [0.15, 0.2) is 48.5 Å². The summed E-state index contributed by atoms with van der Waals surface area (Å²) in [6.07, 6.45) is 0.846. The van der Waals surface area contributed by atoms with Gasteiger partial charge in [-0.2, -0.15) is 0 Å². The maximum atomic E-state index is 12.3. The van der Waals surface area contributed by atoms with Gasteiger partial charge in [0.15, 0.2) is 0 Å². The molecule has 0 unspecified atom stereocenters. The molecule has 0 saturated heterocycles. The molecule has 0 radical (unpaired) electrons. The van der Waals surface area contributed by atoms with Crippen LogP contribution in [0.5, 0.6) is 11.5 Å². The summed E-state index contributed by atoms with van der Waals surface area (Å²) in [7, 11) is 1.31. The van der Waals surface area contributed by atoms with Gasteiger partial charge in [-0.15, -0.1) is 0 Å². The lowest BCUT2D eigenvalue weighted by atomic mass is 10.2. The fraction of sp³-hybridized carbons (Fsp3) is 0.222. The zero-order valence-corrected chi connectivity index (χ0v) is 13.1. The first-order valence-corrected chi connectivity index (χ1v) is 7.28. The molecular weight excluding hydrogens is 296 g/mol. The molecule has 2 aromatic carbocycles. The predicted octanol–water partition coefficient (Wildman–Crippen LogP) is 3.48. The van der Waals surface area contributed by atoms with E-state index in [0.717, 1.165) is 6.42 Å². The molecule has 23 heavy (non-hydrogen) atoms. The maximum absolute atomic E-state index is 12.3. The van der Waals surface area contributed by atoms with Crippen LogP contribution < -0.4 is 9.47 Å². The van der Waals surface area contributed by atoms with Gasteiger partial charge >= 0.3 is 11.9 Å². The summed E-state index contributed by atoms with van der Waals surface area (Å²) in [6, 6.07) is 13.1. The van der Waals surface area contributed by atoms with Gasteiger partial charge in [-0.1, -0.05) is 19.1 Å². The summed E-state index contributed by atoms with van der Waals surface area (Å²) in [4.78, 5) is 23.6. The predicted molar refractivity (Wildman–Crippen MR) is 85.0 cm³/mol. The number of ether oxygens (including phenoxy) is 3. The summed E-state index contributed by atoms with van der Waals surface area (Å²) in [5, 5.41) is 0. The topological polar surface area (TPSA) is 61.8 Å². The second-order valence-corrected chi connectivity index (χ2v) is 4.75. The summed E-state index contributed by atoms with van der Waals surface area (Å²) in [5.74, 6) is -0.123. The molecule has 0 heterocycles. The van der Waals surface area contributed by atoms with Crippen molar-refractivity contribution in [2.45, 2.75) is 13.3 Å². The summed E-state index contributed by atoms with van der Waals surface area (Å²) in [6.45, 7) is 2.52. The van der Waals surface area contributed by atoms with Crippen molar-refractivity contribution in [2.24, 2.45) is 0 Å². The Hall–Kier alpha value is -2.82. The van der Waals surface area contributed by atoms with Crippen LogP contribution in [0.25, 0.3) is 0 Å². The Morgan fingerprint density at radius 3 is 2.30 bits per heavy atom. The van der Waals surface area contributed by atoms with E-state index in [9.17, 15) is 9.59 Å². The lowest BCUT2D eigenvalue weighted by molar-refractivity contribution is 0.0600. The average molecular weight is 314 g/mol. The van der Waals surface area contributed by atoms with Crippen molar-refractivity contribution in [3.05, 3.63) is 59.7 Å². The van der Waals surface area contributed by atoms with Crippen molar-refractivity contribution in [1.29, 1.82) is 0 Å². The largest absolute Gasteiger partial charge is 0.493 e. The number of benzene rings is 2. The number of carbonyl (C=O) groups is 2. The molecule has 0 aliphatic heterocycles. The van der Waals surface area contributed by atoms with E-state index in [2.05, 4.69) is 4.74 Å². The molecule has 0 spiro atoms. The highest BCUT2D eigenvalue weighted by atomic mass is 16.5. The Balaban J connectivity index is 2.11. The van der Waals surface area contributed by atoms with E-state index in [0.29, 0.717) is 29.2 Å². The van der Waals surface area contributed by atoms with E-state index in [1.165, 1.54) is 19.2 Å². The summed E-state index contributed by atoms with van der Waals surface area (Å²) < 4.78 is 15.5. The lowest BCUT2D eigenvalue weighted by Gasteiger charge is -2.10. The number of para-hydroxylation sites is 1. The average Bonchev–Trinajstić information content (AvgIpc) is 2.60. The number of esters is 2. The number of carbonyl (C=O) groups excluding carboxylic acids is 2. The quantitative estimate of drug-likeness (QED) is 0.603. The first kappa shape index (κ1) is 16.5. The molecule has 0 amide bonds. The minimum atomic E-state index is -0.512. The molecule has 5 heteroatoms. The van der Waals surface area contributed by atoms with Crippen LogP contribution in [0.3, 0.4) is 0 Å². The van der Waals surface area contributed by atoms with Gasteiger partial charge < -0.3 is 14.2 Å². The molecule has 0 bridgehead atoms. The molecule has 2 aromatic rings. The first-order chi connectivity index (χ1) is 11.2. The van der Waals surface area contributed by atoms with E-state index in [-0.39, 0.29) is 0 Å². The molecular formula is C18H18O5. The Kier molecular flexibility index (Phi) is 5.74. The van der Waals surface area contributed by atoms with Crippen molar-refractivity contribution < 1.29 is 23.8 Å². The van der Waals surface area contributed by atoms with Crippen molar-refractivity contribution in [2.75, 3.05) is 13.7 Å². The number of methoxy groups -OCH3 is 1. The van der Waals surface area contributed by atoms with Crippen LogP contribution in [0.4, 0.5) is 0 Å². The highest BCUT2D eigenvalue weighted by Crippen LogP contribution is 2.21. The second-order valence-electron chi connectivity index (χ2n) is 4.75. The highest BCUT2D eigenvalue weighted by Gasteiger charge is 2.15. The van der Waals surface area contributed by atoms with E-state index in [4.69, 9.17) is 9.47 Å². The Morgan fingerprint density at radius 2 is 1.65 bits per heavy atom. The van der Waals surface area contributed by atoms with Gasteiger partial charge in [-0.3, -0.25) is 0 Å². The van der Waals surface area contributed by atoms with Crippen molar-refractivity contribution >= 4 is 11.9 Å². The molecule has 0 aromatic heterocycles. The van der Waals surface area contributed by atoms with Crippen molar-refractivity contribution in [3.63, 3.8) is 0 Å². The van der Waals surface area contributed by atoms with Gasteiger partial charge in [0.2, 0.25) is 0 Å². The smallest absolute Gasteiger partial charge is 0.347 e. The molecule has 0 aliphatic carbocycles. The molecule has 0 fully saturated rings. The van der Waals surface area contributed by atoms with Gasteiger partial charge in [0, 0.05) is 0 Å². The second kappa shape index (κ2) is 7.98. The zero-order chi connectivity index (χ0) is 16.7. The van der Waals surface area contributed by atoms with Crippen molar-refractivity contribution in [1.82, 2.24) is 0 Å². The molecule has 0 N–H and O–H groups in total. The summed E-state index contributed by atoms with van der Waals surface area (Å²) >= 11 is 0. The highest BCUT2D eigenvalue weighted by molar-refractivity contribution is 5.94. The van der Waals surface area contributed by atoms with Crippen LogP contribution >= 0.6 is 0 Å². The minimum absolute atomic E-state index is 0.341. The molecule has 120 valence electrons. The fourth-order valence-electron chi connectivity index (χ4n) is 1.91. The van der Waals surface area contributed by atoms with Gasteiger partial charge in [-0.25, -0.2) is 9.59 Å². The summed E-state index contributed by atoms with van der Waals surface area (Å²) in [5.41, 5.74) is 0.747. The Morgan fingerprint density at radius 1 is 0.957 bits per heavy atom. The number of hydrogen-bond donors (Lipinski definition) is 0. The fourth-order valence-corrected chi connectivity index (χ4v) is 1.91. The van der Waals surface area contributed by atoms with Gasteiger partial charge in [0.05, 0.1) is 19.3 Å². The van der Waals surface area contributed by atoms with Crippen LogP contribution in [-0.4, -0.2) is 25.7 Å². The molecule has 0 saturated carbocycles. The van der Waals surface area contributed by atoms with Crippen LogP contribution in [0, 0.1) is 0 Å². The zero-order valence-electron chi connectivity index (χ0n) is 13.1. The number of hydrogen-bond acceptors (Lipinski definition) is 5. The third kappa shape index (κ3) is 4.32. The molecule has 0 aliphatic rings. The maximum Gasteiger partial charge on any atom is 0.347 e. The minimum Gasteiger partial charge on any atom is -0.493 e.